The molecule has 1 atom stereocenters. The van der Waals surface area contributed by atoms with Crippen molar-refractivity contribution in [1.82, 2.24) is 9.97 Å². The molecule has 2 rings (SSSR count). The molecule has 1 aromatic heterocycles. The summed E-state index contributed by atoms with van der Waals surface area (Å²) < 4.78 is 10.8. The summed E-state index contributed by atoms with van der Waals surface area (Å²) in [5.74, 6) is 0.188. The Balaban J connectivity index is 2.15. The van der Waals surface area contributed by atoms with E-state index in [1.54, 1.807) is 0 Å². The fraction of sp³-hybridized carbons (Fsp3) is 0.500. The van der Waals surface area contributed by atoms with E-state index in [0.29, 0.717) is 0 Å². The van der Waals surface area contributed by atoms with Crippen molar-refractivity contribution < 1.29 is 19.5 Å². The van der Waals surface area contributed by atoms with Gasteiger partial charge in [-0.15, -0.1) is 0 Å². The monoisotopic (exact) mass is 291 g/mol. The van der Waals surface area contributed by atoms with Crippen molar-refractivity contribution in [2.24, 2.45) is 0 Å². The molecule has 0 unspecified atom stereocenters. The molecule has 0 saturated carbocycles. The summed E-state index contributed by atoms with van der Waals surface area (Å²) in [6.45, 7) is 0.133. The number of anilines is 3. The number of β-amino-alcohol motifs (C(OH)–C–C–N with tert-alkyl or cyclic N) is 1. The van der Waals surface area contributed by atoms with Gasteiger partial charge >= 0.3 is 7.60 Å². The molecular formula is C8H14N5O5P. The van der Waals surface area contributed by atoms with Crippen LogP contribution in [0.25, 0.3) is 0 Å². The Morgan fingerprint density at radius 3 is 2.84 bits per heavy atom. The van der Waals surface area contributed by atoms with Crippen LogP contribution >= 0.6 is 7.60 Å². The molecule has 0 bridgehead atoms. The first-order valence-electron chi connectivity index (χ1n) is 5.37. The zero-order chi connectivity index (χ0) is 14.2. The molecule has 11 heteroatoms. The Morgan fingerprint density at radius 2 is 2.21 bits per heavy atom. The maximum Gasteiger partial charge on any atom is 0.328 e. The van der Waals surface area contributed by atoms with Gasteiger partial charge in [-0.3, -0.25) is 14.3 Å². The molecule has 0 aliphatic carbocycles. The van der Waals surface area contributed by atoms with E-state index in [2.05, 4.69) is 15.3 Å². The minimum absolute atomic E-state index is 0.0677. The smallest absolute Gasteiger partial charge is 0.328 e. The SMILES string of the molecule is Nc1nc2c(c(=O)[nH]1)NCN2C[C@@H](O)CP(=O)(O)O. The predicted molar refractivity (Wildman–Crippen MR) is 68.0 cm³/mol. The molecule has 19 heavy (non-hydrogen) atoms. The van der Waals surface area contributed by atoms with Crippen LogP contribution in [0.1, 0.15) is 0 Å². The van der Waals surface area contributed by atoms with E-state index >= 15 is 0 Å². The van der Waals surface area contributed by atoms with Gasteiger partial charge in [-0.25, -0.2) is 0 Å². The Morgan fingerprint density at radius 1 is 1.53 bits per heavy atom. The van der Waals surface area contributed by atoms with Gasteiger partial charge in [0, 0.05) is 6.54 Å². The molecule has 10 nitrogen and oxygen atoms in total. The summed E-state index contributed by atoms with van der Waals surface area (Å²) in [6.07, 6.45) is -1.90. The summed E-state index contributed by atoms with van der Waals surface area (Å²) in [4.78, 5) is 36.8. The lowest BCUT2D eigenvalue weighted by molar-refractivity contribution is 0.194. The first kappa shape index (κ1) is 13.8. The third-order valence-corrected chi connectivity index (χ3v) is 3.44. The third kappa shape index (κ3) is 3.24. The number of aliphatic hydroxyl groups is 1. The van der Waals surface area contributed by atoms with Gasteiger partial charge in [0.15, 0.2) is 5.82 Å². The van der Waals surface area contributed by atoms with E-state index < -0.39 is 25.4 Å². The summed E-state index contributed by atoms with van der Waals surface area (Å²) >= 11 is 0. The second-order valence-corrected chi connectivity index (χ2v) is 5.90. The van der Waals surface area contributed by atoms with Crippen molar-refractivity contribution in [2.45, 2.75) is 6.10 Å². The van der Waals surface area contributed by atoms with Crippen LogP contribution in [0.4, 0.5) is 17.5 Å². The number of aromatic nitrogens is 2. The highest BCUT2D eigenvalue weighted by atomic mass is 31.2. The molecule has 0 radical (unpaired) electrons. The van der Waals surface area contributed by atoms with E-state index in [4.69, 9.17) is 15.5 Å². The lowest BCUT2D eigenvalue weighted by Crippen LogP contribution is -2.34. The zero-order valence-electron chi connectivity index (χ0n) is 9.78. The van der Waals surface area contributed by atoms with Gasteiger partial charge in [0.25, 0.3) is 5.56 Å². The molecular weight excluding hydrogens is 277 g/mol. The number of aromatic amines is 1. The van der Waals surface area contributed by atoms with Gasteiger partial charge in [-0.05, 0) is 0 Å². The van der Waals surface area contributed by atoms with Crippen LogP contribution in [0, 0.1) is 0 Å². The molecule has 0 spiro atoms. The van der Waals surface area contributed by atoms with Crippen LogP contribution in [0.5, 0.6) is 0 Å². The van der Waals surface area contributed by atoms with Gasteiger partial charge in [0.05, 0.1) is 18.9 Å². The number of nitrogen functional groups attached to an aromatic ring is 1. The molecule has 0 saturated heterocycles. The van der Waals surface area contributed by atoms with Gasteiger partial charge in [0.2, 0.25) is 5.95 Å². The molecule has 1 aromatic rings. The zero-order valence-corrected chi connectivity index (χ0v) is 10.7. The van der Waals surface area contributed by atoms with Crippen molar-refractivity contribution in [3.8, 4) is 0 Å². The van der Waals surface area contributed by atoms with Crippen molar-refractivity contribution in [3.05, 3.63) is 10.4 Å². The van der Waals surface area contributed by atoms with E-state index in [-0.39, 0.29) is 30.7 Å². The maximum absolute atomic E-state index is 11.5. The van der Waals surface area contributed by atoms with Crippen LogP contribution in [-0.4, -0.2) is 50.3 Å². The molecule has 0 amide bonds. The quantitative estimate of drug-likeness (QED) is 0.347. The van der Waals surface area contributed by atoms with E-state index in [9.17, 15) is 14.5 Å². The molecule has 0 aromatic carbocycles. The Hall–Kier alpha value is -1.61. The molecule has 1 aliphatic rings. The molecule has 2 heterocycles. The van der Waals surface area contributed by atoms with Crippen LogP contribution in [0.15, 0.2) is 4.79 Å². The average molecular weight is 291 g/mol. The number of aliphatic hydroxyl groups excluding tert-OH is 1. The lowest BCUT2D eigenvalue weighted by Gasteiger charge is -2.21. The Bertz CT molecular complexity index is 583. The van der Waals surface area contributed by atoms with Crippen LogP contribution in [0.3, 0.4) is 0 Å². The van der Waals surface area contributed by atoms with Crippen molar-refractivity contribution >= 4 is 25.0 Å². The number of rotatable bonds is 4. The molecule has 7 N–H and O–H groups in total. The minimum atomic E-state index is -4.29. The number of nitrogens with zero attached hydrogens (tertiary/aromatic N) is 2. The number of hydrogen-bond acceptors (Lipinski definition) is 7. The number of H-pyrrole nitrogens is 1. The van der Waals surface area contributed by atoms with E-state index in [1.807, 2.05) is 0 Å². The van der Waals surface area contributed by atoms with Crippen molar-refractivity contribution in [3.63, 3.8) is 0 Å². The minimum Gasteiger partial charge on any atom is -0.391 e. The summed E-state index contributed by atoms with van der Waals surface area (Å²) in [5, 5.41) is 12.4. The normalized spacial score (nSPS) is 16.1. The van der Waals surface area contributed by atoms with Crippen LogP contribution < -0.4 is 21.5 Å². The second kappa shape index (κ2) is 4.82. The summed E-state index contributed by atoms with van der Waals surface area (Å²) in [6, 6.07) is 0. The number of fused-ring (bicyclic) bond motifs is 1. The largest absolute Gasteiger partial charge is 0.391 e. The Labute approximate surface area is 107 Å². The first-order valence-corrected chi connectivity index (χ1v) is 7.17. The molecule has 106 valence electrons. The number of nitrogens with two attached hydrogens (primary N) is 1. The number of nitrogens with one attached hydrogen (secondary N) is 2. The van der Waals surface area contributed by atoms with Crippen LogP contribution in [0.2, 0.25) is 0 Å². The van der Waals surface area contributed by atoms with Gasteiger partial charge in [-0.1, -0.05) is 0 Å². The second-order valence-electron chi connectivity index (χ2n) is 4.21. The van der Waals surface area contributed by atoms with E-state index in [0.717, 1.165) is 0 Å². The molecule has 1 aliphatic heterocycles. The third-order valence-electron chi connectivity index (χ3n) is 2.54. The van der Waals surface area contributed by atoms with Gasteiger partial charge in [0.1, 0.15) is 5.69 Å². The standard InChI is InChI=1S/C8H14N5O5P/c9-8-11-6-5(7(15)12-8)10-3-13(6)1-4(14)2-19(16,17)18/h4,10,14H,1-3H2,(H2,16,17,18)(H3,9,11,12,15)/t4-/m1/s1. The summed E-state index contributed by atoms with van der Waals surface area (Å²) in [5.41, 5.74) is 5.20. The summed E-state index contributed by atoms with van der Waals surface area (Å²) in [7, 11) is -4.29. The van der Waals surface area contributed by atoms with Gasteiger partial charge < -0.3 is 30.8 Å². The lowest BCUT2D eigenvalue weighted by atomic mass is 10.3. The maximum atomic E-state index is 11.5. The van der Waals surface area contributed by atoms with Gasteiger partial charge in [-0.2, -0.15) is 4.98 Å². The molecule has 0 fully saturated rings. The first-order chi connectivity index (χ1) is 8.76. The predicted octanol–water partition coefficient (Wildman–Crippen LogP) is -1.92. The Kier molecular flexibility index (Phi) is 3.50. The number of hydrogen-bond donors (Lipinski definition) is 6. The van der Waals surface area contributed by atoms with E-state index in [1.165, 1.54) is 4.90 Å². The highest BCUT2D eigenvalue weighted by Crippen LogP contribution is 2.35. The highest BCUT2D eigenvalue weighted by molar-refractivity contribution is 7.51. The van der Waals surface area contributed by atoms with Crippen LogP contribution in [-0.2, 0) is 4.57 Å². The topological polar surface area (TPSA) is 165 Å². The van der Waals surface area contributed by atoms with Crippen molar-refractivity contribution in [2.75, 3.05) is 35.3 Å². The fourth-order valence-electron chi connectivity index (χ4n) is 1.85. The van der Waals surface area contributed by atoms with Crippen molar-refractivity contribution in [1.29, 1.82) is 0 Å². The average Bonchev–Trinajstić information content (AvgIpc) is 2.58. The fourth-order valence-corrected chi connectivity index (χ4v) is 2.52. The highest BCUT2D eigenvalue weighted by Gasteiger charge is 2.28.